The fourth-order valence-corrected chi connectivity index (χ4v) is 1.70. The normalized spacial score (nSPS) is 13.1. The van der Waals surface area contributed by atoms with Gasteiger partial charge in [-0.2, -0.15) is 13.2 Å². The molecule has 0 radical (unpaired) electrons. The van der Waals surface area contributed by atoms with Gasteiger partial charge in [-0.1, -0.05) is 23.7 Å². The highest BCUT2D eigenvalue weighted by Crippen LogP contribution is 2.37. The number of hydrogen-bond donors (Lipinski definition) is 1. The van der Waals surface area contributed by atoms with Crippen molar-refractivity contribution >= 4 is 24.0 Å². The van der Waals surface area contributed by atoms with Gasteiger partial charge in [-0.05, 0) is 18.1 Å². The van der Waals surface area contributed by atoms with E-state index in [0.717, 1.165) is 6.07 Å². The molecular formula is C10H11Cl2F4N. The van der Waals surface area contributed by atoms with Crippen molar-refractivity contribution in [2.75, 3.05) is 6.67 Å². The summed E-state index contributed by atoms with van der Waals surface area (Å²) < 4.78 is 49.5. The van der Waals surface area contributed by atoms with Crippen LogP contribution in [0.25, 0.3) is 0 Å². The molecule has 0 unspecified atom stereocenters. The van der Waals surface area contributed by atoms with Gasteiger partial charge in [-0.3, -0.25) is 4.39 Å². The monoisotopic (exact) mass is 291 g/mol. The van der Waals surface area contributed by atoms with Crippen LogP contribution < -0.4 is 5.73 Å². The van der Waals surface area contributed by atoms with Crippen LogP contribution in [0.3, 0.4) is 0 Å². The standard InChI is InChI=1S/C10H10ClF4N.ClH/c11-9-6(8(16)4-5-12)2-1-3-7(9)10(13,14)15;/h1-3,8H,4-5,16H2;1H/t8-;/m1./s1. The minimum Gasteiger partial charge on any atom is -0.324 e. The largest absolute Gasteiger partial charge is 0.417 e. The Kier molecular flexibility index (Phi) is 6.23. The Bertz CT molecular complexity index is 368. The van der Waals surface area contributed by atoms with E-state index >= 15 is 0 Å². The predicted octanol–water partition coefficient (Wildman–Crippen LogP) is 4.14. The summed E-state index contributed by atoms with van der Waals surface area (Å²) in [5.74, 6) is 0. The SMILES string of the molecule is Cl.N[C@H](CCF)c1cccc(C(F)(F)F)c1Cl. The molecule has 2 N–H and O–H groups in total. The molecule has 1 aromatic carbocycles. The first-order valence-electron chi connectivity index (χ1n) is 4.55. The fraction of sp³-hybridized carbons (Fsp3) is 0.400. The van der Waals surface area contributed by atoms with E-state index in [-0.39, 0.29) is 24.4 Å². The zero-order valence-corrected chi connectivity index (χ0v) is 10.2. The maximum absolute atomic E-state index is 12.5. The smallest absolute Gasteiger partial charge is 0.324 e. The van der Waals surface area contributed by atoms with E-state index in [1.807, 2.05) is 0 Å². The van der Waals surface area contributed by atoms with E-state index in [9.17, 15) is 17.6 Å². The number of halogens is 6. The first-order chi connectivity index (χ1) is 7.38. The van der Waals surface area contributed by atoms with Crippen molar-refractivity contribution in [3.05, 3.63) is 34.3 Å². The van der Waals surface area contributed by atoms with Crippen molar-refractivity contribution in [3.63, 3.8) is 0 Å². The molecule has 1 rings (SSSR count). The van der Waals surface area contributed by atoms with Crippen LogP contribution in [0.1, 0.15) is 23.6 Å². The molecular weight excluding hydrogens is 281 g/mol. The summed E-state index contributed by atoms with van der Waals surface area (Å²) in [5, 5.41) is -0.448. The second-order valence-corrected chi connectivity index (χ2v) is 3.67. The van der Waals surface area contributed by atoms with Crippen molar-refractivity contribution in [2.45, 2.75) is 18.6 Å². The van der Waals surface area contributed by atoms with Crippen LogP contribution in [0, 0.1) is 0 Å². The van der Waals surface area contributed by atoms with E-state index < -0.39 is 29.5 Å². The molecule has 1 aromatic rings. The lowest BCUT2D eigenvalue weighted by Crippen LogP contribution is -2.14. The topological polar surface area (TPSA) is 26.0 Å². The molecule has 0 heterocycles. The van der Waals surface area contributed by atoms with Gasteiger partial charge in [-0.15, -0.1) is 12.4 Å². The first kappa shape index (κ1) is 16.5. The van der Waals surface area contributed by atoms with Crippen LogP contribution in [0.15, 0.2) is 18.2 Å². The summed E-state index contributed by atoms with van der Waals surface area (Å²) in [6, 6.07) is 2.63. The fourth-order valence-electron chi connectivity index (χ4n) is 1.33. The Labute approximate surface area is 107 Å². The van der Waals surface area contributed by atoms with Gasteiger partial charge in [0.15, 0.2) is 0 Å². The summed E-state index contributed by atoms with van der Waals surface area (Å²) in [7, 11) is 0. The number of rotatable bonds is 3. The van der Waals surface area contributed by atoms with Gasteiger partial charge in [0.25, 0.3) is 0 Å². The molecule has 0 amide bonds. The van der Waals surface area contributed by atoms with Crippen LogP contribution in [-0.4, -0.2) is 6.67 Å². The van der Waals surface area contributed by atoms with Gasteiger partial charge in [0.1, 0.15) is 0 Å². The van der Waals surface area contributed by atoms with E-state index in [1.165, 1.54) is 12.1 Å². The second kappa shape index (κ2) is 6.42. The van der Waals surface area contributed by atoms with Gasteiger partial charge >= 0.3 is 6.18 Å². The maximum Gasteiger partial charge on any atom is 0.417 e. The van der Waals surface area contributed by atoms with Gasteiger partial charge in [-0.25, -0.2) is 0 Å². The van der Waals surface area contributed by atoms with Crippen molar-refractivity contribution in [2.24, 2.45) is 5.73 Å². The third-order valence-corrected chi connectivity index (χ3v) is 2.58. The summed E-state index contributed by atoms with van der Waals surface area (Å²) in [5.41, 5.74) is 4.70. The molecule has 0 aliphatic carbocycles. The molecule has 0 aliphatic rings. The van der Waals surface area contributed by atoms with Gasteiger partial charge in [0.2, 0.25) is 0 Å². The average Bonchev–Trinajstić information content (AvgIpc) is 2.16. The zero-order chi connectivity index (χ0) is 12.3. The molecule has 17 heavy (non-hydrogen) atoms. The minimum absolute atomic E-state index is 0. The maximum atomic E-state index is 12.5. The van der Waals surface area contributed by atoms with Crippen LogP contribution in [0.4, 0.5) is 17.6 Å². The molecule has 1 nitrogen and oxygen atoms in total. The van der Waals surface area contributed by atoms with Gasteiger partial charge in [0.05, 0.1) is 17.3 Å². The number of hydrogen-bond acceptors (Lipinski definition) is 1. The van der Waals surface area contributed by atoms with Crippen molar-refractivity contribution < 1.29 is 17.6 Å². The predicted molar refractivity (Wildman–Crippen MR) is 61.2 cm³/mol. The lowest BCUT2D eigenvalue weighted by molar-refractivity contribution is -0.137. The Morgan fingerprint density at radius 3 is 2.35 bits per heavy atom. The molecule has 0 aromatic heterocycles. The Morgan fingerprint density at radius 1 is 1.29 bits per heavy atom. The molecule has 7 heteroatoms. The molecule has 0 saturated heterocycles. The second-order valence-electron chi connectivity index (χ2n) is 3.29. The molecule has 0 bridgehead atoms. The summed E-state index contributed by atoms with van der Waals surface area (Å²) >= 11 is 5.60. The quantitative estimate of drug-likeness (QED) is 0.832. The molecule has 1 atom stereocenters. The summed E-state index contributed by atoms with van der Waals surface area (Å²) in [6.07, 6.45) is -4.58. The summed E-state index contributed by atoms with van der Waals surface area (Å²) in [6.45, 7) is -0.701. The highest BCUT2D eigenvalue weighted by Gasteiger charge is 2.34. The van der Waals surface area contributed by atoms with Gasteiger partial charge in [0, 0.05) is 6.04 Å². The van der Waals surface area contributed by atoms with Crippen molar-refractivity contribution in [1.29, 1.82) is 0 Å². The Hall–Kier alpha value is -0.520. The van der Waals surface area contributed by atoms with Crippen molar-refractivity contribution in [1.82, 2.24) is 0 Å². The van der Waals surface area contributed by atoms with E-state index in [0.29, 0.717) is 0 Å². The van der Waals surface area contributed by atoms with Crippen molar-refractivity contribution in [3.8, 4) is 0 Å². The molecule has 0 fully saturated rings. The van der Waals surface area contributed by atoms with Crippen LogP contribution in [0.5, 0.6) is 0 Å². The highest BCUT2D eigenvalue weighted by atomic mass is 35.5. The number of benzene rings is 1. The van der Waals surface area contributed by atoms with Crippen LogP contribution >= 0.6 is 24.0 Å². The van der Waals surface area contributed by atoms with Crippen LogP contribution in [-0.2, 0) is 6.18 Å². The average molecular weight is 292 g/mol. The first-order valence-corrected chi connectivity index (χ1v) is 4.93. The highest BCUT2D eigenvalue weighted by molar-refractivity contribution is 6.32. The molecule has 98 valence electrons. The lowest BCUT2D eigenvalue weighted by Gasteiger charge is -2.16. The lowest BCUT2D eigenvalue weighted by atomic mass is 10.0. The number of alkyl halides is 4. The third-order valence-electron chi connectivity index (χ3n) is 2.15. The van der Waals surface area contributed by atoms with E-state index in [4.69, 9.17) is 17.3 Å². The molecule has 0 aliphatic heterocycles. The molecule has 0 spiro atoms. The molecule has 0 saturated carbocycles. The summed E-state index contributed by atoms with van der Waals surface area (Å²) in [4.78, 5) is 0. The Morgan fingerprint density at radius 2 is 1.88 bits per heavy atom. The Balaban J connectivity index is 0.00000256. The van der Waals surface area contributed by atoms with Gasteiger partial charge < -0.3 is 5.73 Å². The zero-order valence-electron chi connectivity index (χ0n) is 8.60. The third kappa shape index (κ3) is 4.01. The minimum atomic E-state index is -4.53. The van der Waals surface area contributed by atoms with E-state index in [2.05, 4.69) is 0 Å². The number of nitrogens with two attached hydrogens (primary N) is 1. The van der Waals surface area contributed by atoms with E-state index in [1.54, 1.807) is 0 Å². The van der Waals surface area contributed by atoms with Crippen LogP contribution in [0.2, 0.25) is 5.02 Å².